The van der Waals surface area contributed by atoms with Crippen LogP contribution >= 0.6 is 12.4 Å². The molecule has 1 saturated heterocycles. The largest absolute Gasteiger partial charge is 0.345 e. The fourth-order valence-electron chi connectivity index (χ4n) is 2.03. The first-order valence-corrected chi connectivity index (χ1v) is 6.29. The Labute approximate surface area is 117 Å². The summed E-state index contributed by atoms with van der Waals surface area (Å²) in [5, 5.41) is 10.0. The lowest BCUT2D eigenvalue weighted by molar-refractivity contribution is 0.0907. The number of piperazine rings is 1. The summed E-state index contributed by atoms with van der Waals surface area (Å²) >= 11 is 0. The molecule has 3 rings (SSSR count). The second-order valence-electron chi connectivity index (χ2n) is 4.91. The molecule has 1 unspecified atom stereocenters. The summed E-state index contributed by atoms with van der Waals surface area (Å²) in [4.78, 5) is 18.1. The summed E-state index contributed by atoms with van der Waals surface area (Å²) < 4.78 is 5.03. The van der Waals surface area contributed by atoms with Crippen molar-refractivity contribution in [2.45, 2.75) is 24.9 Å². The fourth-order valence-corrected chi connectivity index (χ4v) is 2.03. The zero-order chi connectivity index (χ0) is 12.5. The zero-order valence-electron chi connectivity index (χ0n) is 10.8. The van der Waals surface area contributed by atoms with Crippen LogP contribution in [0.2, 0.25) is 0 Å². The topological polar surface area (TPSA) is 83.3 Å². The maximum absolute atomic E-state index is 11.7. The number of likely N-dealkylation sites (N-methyl/N-ethyl adjacent to an activating group) is 1. The van der Waals surface area contributed by atoms with Gasteiger partial charge in [0.1, 0.15) is 0 Å². The maximum Gasteiger partial charge on any atom is 0.316 e. The van der Waals surface area contributed by atoms with Gasteiger partial charge in [-0.1, -0.05) is 5.16 Å². The standard InChI is InChI=1S/C11H17N5O2.ClH/c1-16-5-4-12-6-8(16)9-14-11(18-15-9)10(17)13-7-2-3-7;/h7-8,12H,2-6H2,1H3,(H,13,17);1H. The molecular formula is C11H18ClN5O2. The van der Waals surface area contributed by atoms with Crippen molar-refractivity contribution < 1.29 is 9.32 Å². The van der Waals surface area contributed by atoms with Gasteiger partial charge in [0.25, 0.3) is 0 Å². The van der Waals surface area contributed by atoms with E-state index in [0.29, 0.717) is 11.9 Å². The Morgan fingerprint density at radius 2 is 2.32 bits per heavy atom. The van der Waals surface area contributed by atoms with Crippen LogP contribution in [0.25, 0.3) is 0 Å². The Morgan fingerprint density at radius 1 is 1.53 bits per heavy atom. The van der Waals surface area contributed by atoms with E-state index < -0.39 is 0 Å². The summed E-state index contributed by atoms with van der Waals surface area (Å²) in [6.45, 7) is 2.67. The molecule has 1 amide bonds. The third kappa shape index (κ3) is 3.23. The van der Waals surface area contributed by atoms with Crippen molar-refractivity contribution in [1.29, 1.82) is 0 Å². The molecule has 2 fully saturated rings. The quantitative estimate of drug-likeness (QED) is 0.812. The van der Waals surface area contributed by atoms with Crippen LogP contribution in [0.3, 0.4) is 0 Å². The molecule has 0 aromatic carbocycles. The number of hydrogen-bond acceptors (Lipinski definition) is 6. The van der Waals surface area contributed by atoms with Gasteiger partial charge in [0, 0.05) is 25.7 Å². The highest BCUT2D eigenvalue weighted by molar-refractivity contribution is 5.89. The van der Waals surface area contributed by atoms with E-state index in [2.05, 4.69) is 25.7 Å². The van der Waals surface area contributed by atoms with E-state index in [1.807, 2.05) is 7.05 Å². The molecule has 0 bridgehead atoms. The number of carbonyl (C=O) groups excluding carboxylic acids is 1. The number of nitrogens with one attached hydrogen (secondary N) is 2. The Bertz CT molecular complexity index is 448. The van der Waals surface area contributed by atoms with Gasteiger partial charge in [-0.15, -0.1) is 12.4 Å². The molecule has 1 aliphatic heterocycles. The lowest BCUT2D eigenvalue weighted by atomic mass is 10.2. The van der Waals surface area contributed by atoms with E-state index in [1.165, 1.54) is 0 Å². The number of halogens is 1. The fraction of sp³-hybridized carbons (Fsp3) is 0.727. The molecule has 1 aliphatic carbocycles. The Balaban J connectivity index is 0.00000133. The predicted octanol–water partition coefficient (Wildman–Crippen LogP) is -0.0403. The molecule has 2 heterocycles. The number of rotatable bonds is 3. The van der Waals surface area contributed by atoms with Crippen LogP contribution in [0.15, 0.2) is 4.52 Å². The minimum absolute atomic E-state index is 0. The Morgan fingerprint density at radius 3 is 3.00 bits per heavy atom. The molecule has 0 radical (unpaired) electrons. The van der Waals surface area contributed by atoms with Gasteiger partial charge < -0.3 is 15.2 Å². The van der Waals surface area contributed by atoms with Crippen LogP contribution in [0.4, 0.5) is 0 Å². The van der Waals surface area contributed by atoms with Crippen LogP contribution in [-0.2, 0) is 0 Å². The monoisotopic (exact) mass is 287 g/mol. The molecule has 8 heteroatoms. The molecular weight excluding hydrogens is 270 g/mol. The lowest BCUT2D eigenvalue weighted by Gasteiger charge is -2.30. The highest BCUT2D eigenvalue weighted by Crippen LogP contribution is 2.20. The van der Waals surface area contributed by atoms with Crippen molar-refractivity contribution in [1.82, 2.24) is 25.7 Å². The molecule has 2 N–H and O–H groups in total. The van der Waals surface area contributed by atoms with Gasteiger partial charge in [-0.25, -0.2) is 0 Å². The highest BCUT2D eigenvalue weighted by Gasteiger charge is 2.29. The Kier molecular flexibility index (Phi) is 4.38. The molecule has 1 aromatic rings. The predicted molar refractivity (Wildman–Crippen MR) is 70.3 cm³/mol. The molecule has 19 heavy (non-hydrogen) atoms. The van der Waals surface area contributed by atoms with Crippen LogP contribution in [0.1, 0.15) is 35.4 Å². The van der Waals surface area contributed by atoms with Crippen LogP contribution in [0.5, 0.6) is 0 Å². The number of aromatic nitrogens is 2. The highest BCUT2D eigenvalue weighted by atomic mass is 35.5. The third-order valence-electron chi connectivity index (χ3n) is 3.36. The van der Waals surface area contributed by atoms with Gasteiger partial charge in [-0.2, -0.15) is 4.98 Å². The van der Waals surface area contributed by atoms with Crippen molar-refractivity contribution in [2.75, 3.05) is 26.7 Å². The maximum atomic E-state index is 11.7. The van der Waals surface area contributed by atoms with Crippen molar-refractivity contribution in [3.05, 3.63) is 11.7 Å². The average Bonchev–Trinajstić information content (AvgIpc) is 3.04. The van der Waals surface area contributed by atoms with Crippen molar-refractivity contribution in [3.63, 3.8) is 0 Å². The molecule has 106 valence electrons. The van der Waals surface area contributed by atoms with E-state index in [0.717, 1.165) is 32.5 Å². The number of amides is 1. The summed E-state index contributed by atoms with van der Waals surface area (Å²) in [6, 6.07) is 0.372. The third-order valence-corrected chi connectivity index (χ3v) is 3.36. The van der Waals surface area contributed by atoms with Gasteiger partial charge in [0.05, 0.1) is 6.04 Å². The van der Waals surface area contributed by atoms with Gasteiger partial charge >= 0.3 is 11.8 Å². The molecule has 2 aliphatic rings. The number of carbonyl (C=O) groups is 1. The van der Waals surface area contributed by atoms with Gasteiger partial charge in [0.2, 0.25) is 0 Å². The van der Waals surface area contributed by atoms with Crippen LogP contribution < -0.4 is 10.6 Å². The van der Waals surface area contributed by atoms with E-state index in [9.17, 15) is 4.79 Å². The van der Waals surface area contributed by atoms with Gasteiger partial charge in [-0.05, 0) is 19.9 Å². The lowest BCUT2D eigenvalue weighted by Crippen LogP contribution is -2.44. The SMILES string of the molecule is CN1CCNCC1c1noc(C(=O)NC2CC2)n1.Cl. The summed E-state index contributed by atoms with van der Waals surface area (Å²) in [7, 11) is 2.02. The van der Waals surface area contributed by atoms with Crippen molar-refractivity contribution in [3.8, 4) is 0 Å². The number of hydrogen-bond donors (Lipinski definition) is 2. The van der Waals surface area contributed by atoms with Crippen LogP contribution in [-0.4, -0.2) is 53.7 Å². The summed E-state index contributed by atoms with van der Waals surface area (Å²) in [5.74, 6) is 0.379. The second kappa shape index (κ2) is 5.85. The average molecular weight is 288 g/mol. The van der Waals surface area contributed by atoms with Crippen molar-refractivity contribution in [2.24, 2.45) is 0 Å². The summed E-state index contributed by atoms with van der Waals surface area (Å²) in [6.07, 6.45) is 2.09. The molecule has 1 atom stereocenters. The van der Waals surface area contributed by atoms with Crippen molar-refractivity contribution >= 4 is 18.3 Å². The van der Waals surface area contributed by atoms with E-state index in [1.54, 1.807) is 0 Å². The zero-order valence-corrected chi connectivity index (χ0v) is 11.6. The first-order chi connectivity index (χ1) is 8.74. The normalized spacial score (nSPS) is 23.7. The van der Waals surface area contributed by atoms with E-state index >= 15 is 0 Å². The Hall–Kier alpha value is -1.18. The smallest absolute Gasteiger partial charge is 0.316 e. The van der Waals surface area contributed by atoms with Gasteiger partial charge in [0.15, 0.2) is 5.82 Å². The molecule has 1 aromatic heterocycles. The minimum atomic E-state index is -0.261. The first kappa shape index (κ1) is 14.2. The van der Waals surface area contributed by atoms with E-state index in [-0.39, 0.29) is 30.2 Å². The second-order valence-corrected chi connectivity index (χ2v) is 4.91. The van der Waals surface area contributed by atoms with Gasteiger partial charge in [-0.3, -0.25) is 9.69 Å². The minimum Gasteiger partial charge on any atom is -0.345 e. The summed E-state index contributed by atoms with van der Waals surface area (Å²) in [5.41, 5.74) is 0. The molecule has 7 nitrogen and oxygen atoms in total. The number of nitrogens with zero attached hydrogens (tertiary/aromatic N) is 3. The first-order valence-electron chi connectivity index (χ1n) is 6.29. The van der Waals surface area contributed by atoms with E-state index in [4.69, 9.17) is 4.52 Å². The molecule has 0 spiro atoms. The molecule has 1 saturated carbocycles. The van der Waals surface area contributed by atoms with Crippen LogP contribution in [0, 0.1) is 0 Å².